The minimum Gasteiger partial charge on any atom is -0.398 e. The van der Waals surface area contributed by atoms with Gasteiger partial charge in [0.15, 0.2) is 0 Å². The topological polar surface area (TPSA) is 49.6 Å². The molecule has 7 heteroatoms. The van der Waals surface area contributed by atoms with Crippen LogP contribution in [0.15, 0.2) is 17.3 Å². The Bertz CT molecular complexity index is 592. The van der Waals surface area contributed by atoms with E-state index in [0.29, 0.717) is 23.8 Å². The Labute approximate surface area is 140 Å². The average molecular weight is 348 g/mol. The van der Waals surface area contributed by atoms with E-state index in [0.717, 1.165) is 25.3 Å². The third-order valence-corrected chi connectivity index (χ3v) is 4.27. The number of amides is 1. The van der Waals surface area contributed by atoms with E-state index < -0.39 is 5.82 Å². The zero-order valence-corrected chi connectivity index (χ0v) is 13.1. The molecule has 1 aromatic rings. The van der Waals surface area contributed by atoms with Crippen molar-refractivity contribution in [2.75, 3.05) is 18.8 Å². The molecule has 22 heavy (non-hydrogen) atoms. The molecule has 1 heterocycles. The smallest absolute Gasteiger partial charge is 0.228 e. The van der Waals surface area contributed by atoms with Crippen molar-refractivity contribution in [3.05, 3.63) is 33.7 Å². The number of anilines is 1. The van der Waals surface area contributed by atoms with Gasteiger partial charge in [0.05, 0.1) is 10.7 Å². The monoisotopic (exact) mass is 347 g/mol. The number of nitrogens with zero attached hydrogens (tertiary/aromatic N) is 2. The Hall–Kier alpha value is -1.46. The molecule has 2 N–H and O–H groups in total. The zero-order valence-electron chi connectivity index (χ0n) is 11.6. The van der Waals surface area contributed by atoms with Crippen LogP contribution in [0.3, 0.4) is 0 Å². The molecule has 0 radical (unpaired) electrons. The summed E-state index contributed by atoms with van der Waals surface area (Å²) >= 11 is 12.1. The van der Waals surface area contributed by atoms with Crippen LogP contribution in [-0.2, 0) is 4.79 Å². The summed E-state index contributed by atoms with van der Waals surface area (Å²) in [5.41, 5.74) is 6.78. The van der Waals surface area contributed by atoms with Crippen LogP contribution in [-0.4, -0.2) is 29.5 Å². The predicted octanol–water partition coefficient (Wildman–Crippen LogP) is 4.09. The Morgan fingerprint density at radius 3 is 2.64 bits per heavy atom. The number of rotatable bonds is 3. The van der Waals surface area contributed by atoms with Crippen molar-refractivity contribution < 1.29 is 9.18 Å². The number of carbonyl (C=O) groups is 1. The van der Waals surface area contributed by atoms with Crippen molar-refractivity contribution in [2.24, 2.45) is 0 Å². The Morgan fingerprint density at radius 1 is 1.36 bits per heavy atom. The van der Waals surface area contributed by atoms with Crippen LogP contribution in [0.4, 0.5) is 10.1 Å². The van der Waals surface area contributed by atoms with E-state index in [1.54, 1.807) is 11.9 Å². The second kappa shape index (κ2) is 7.70. The molecule has 1 saturated heterocycles. The number of carbonyl (C=O) groups excluding carboxylic acids is 1. The number of allylic oxidation sites excluding steroid dienone is 1. The maximum absolute atomic E-state index is 14.1. The first-order valence-corrected chi connectivity index (χ1v) is 7.32. The summed E-state index contributed by atoms with van der Waals surface area (Å²) in [6.07, 6.45) is 2.56. The first kappa shape index (κ1) is 18.6. The molecule has 2 rings (SSSR count). The molecule has 1 aliphatic heterocycles. The van der Waals surface area contributed by atoms with Crippen LogP contribution >= 0.6 is 23.2 Å². The van der Waals surface area contributed by atoms with Gasteiger partial charge in [0, 0.05) is 18.7 Å². The standard InChI is InChI=1S/C14H16Cl2FN3O.CH4/c1-9(10-6-13(18)11(15)7-12(10)17)14(16)20-5-3-2-4-19(20)8-21;/h6-8H,2-5,18H2,1H3;1H4/b14-9+;. The minimum atomic E-state index is -0.500. The maximum Gasteiger partial charge on any atom is 0.228 e. The molecular formula is C15H20Cl2FN3O. The third-order valence-electron chi connectivity index (χ3n) is 3.47. The van der Waals surface area contributed by atoms with Crippen molar-refractivity contribution in [3.63, 3.8) is 0 Å². The van der Waals surface area contributed by atoms with Crippen molar-refractivity contribution in [1.29, 1.82) is 0 Å². The fraction of sp³-hybridized carbons (Fsp3) is 0.400. The van der Waals surface area contributed by atoms with Gasteiger partial charge in [-0.1, -0.05) is 30.6 Å². The van der Waals surface area contributed by atoms with Gasteiger partial charge in [-0.05, 0) is 37.5 Å². The zero-order chi connectivity index (χ0) is 15.6. The second-order valence-corrected chi connectivity index (χ2v) is 5.63. The summed E-state index contributed by atoms with van der Waals surface area (Å²) < 4.78 is 14.1. The molecule has 1 aliphatic rings. The van der Waals surface area contributed by atoms with E-state index in [4.69, 9.17) is 28.9 Å². The summed E-state index contributed by atoms with van der Waals surface area (Å²) in [6.45, 7) is 2.89. The van der Waals surface area contributed by atoms with Crippen LogP contribution in [0, 0.1) is 5.82 Å². The van der Waals surface area contributed by atoms with Gasteiger partial charge >= 0.3 is 0 Å². The number of nitrogens with two attached hydrogens (primary N) is 1. The number of benzene rings is 1. The van der Waals surface area contributed by atoms with Gasteiger partial charge in [-0.25, -0.2) is 4.39 Å². The fourth-order valence-electron chi connectivity index (χ4n) is 2.26. The summed E-state index contributed by atoms with van der Waals surface area (Å²) in [5.74, 6) is -0.500. The summed E-state index contributed by atoms with van der Waals surface area (Å²) in [4.78, 5) is 11.1. The van der Waals surface area contributed by atoms with Gasteiger partial charge in [0.25, 0.3) is 0 Å². The molecule has 122 valence electrons. The molecule has 0 atom stereocenters. The van der Waals surface area contributed by atoms with Gasteiger partial charge in [0.1, 0.15) is 11.0 Å². The molecular weight excluding hydrogens is 328 g/mol. The van der Waals surface area contributed by atoms with E-state index in [1.807, 2.05) is 0 Å². The highest BCUT2D eigenvalue weighted by Gasteiger charge is 2.22. The number of nitrogen functional groups attached to an aromatic ring is 1. The Morgan fingerprint density at radius 2 is 2.00 bits per heavy atom. The highest BCUT2D eigenvalue weighted by Crippen LogP contribution is 2.32. The fourth-order valence-corrected chi connectivity index (χ4v) is 2.70. The van der Waals surface area contributed by atoms with E-state index >= 15 is 0 Å². The minimum absolute atomic E-state index is 0. The lowest BCUT2D eigenvalue weighted by Crippen LogP contribution is -2.44. The molecule has 4 nitrogen and oxygen atoms in total. The first-order valence-electron chi connectivity index (χ1n) is 6.56. The van der Waals surface area contributed by atoms with Crippen molar-refractivity contribution >= 4 is 40.9 Å². The summed E-state index contributed by atoms with van der Waals surface area (Å²) in [5, 5.41) is 3.61. The molecule has 0 spiro atoms. The SMILES string of the molecule is C.C/C(=C(/Cl)N1CCCCN1C=O)c1cc(N)c(Cl)cc1F. The number of hydrazine groups is 1. The van der Waals surface area contributed by atoms with Gasteiger partial charge < -0.3 is 5.73 Å². The summed E-state index contributed by atoms with van der Waals surface area (Å²) in [6, 6.07) is 2.61. The summed E-state index contributed by atoms with van der Waals surface area (Å²) in [7, 11) is 0. The highest BCUT2D eigenvalue weighted by atomic mass is 35.5. The maximum atomic E-state index is 14.1. The second-order valence-electron chi connectivity index (χ2n) is 4.87. The van der Waals surface area contributed by atoms with E-state index in [-0.39, 0.29) is 23.7 Å². The molecule has 0 aromatic heterocycles. The largest absolute Gasteiger partial charge is 0.398 e. The van der Waals surface area contributed by atoms with Gasteiger partial charge in [0.2, 0.25) is 6.41 Å². The highest BCUT2D eigenvalue weighted by molar-refractivity contribution is 6.33. The Kier molecular flexibility index (Phi) is 6.50. The van der Waals surface area contributed by atoms with Crippen molar-refractivity contribution in [3.8, 4) is 0 Å². The first-order chi connectivity index (χ1) is 9.95. The van der Waals surface area contributed by atoms with Crippen LogP contribution in [0.1, 0.15) is 32.8 Å². The van der Waals surface area contributed by atoms with Crippen LogP contribution in [0.25, 0.3) is 5.57 Å². The van der Waals surface area contributed by atoms with Crippen LogP contribution in [0.2, 0.25) is 5.02 Å². The van der Waals surface area contributed by atoms with Crippen LogP contribution in [0.5, 0.6) is 0 Å². The van der Waals surface area contributed by atoms with Crippen molar-refractivity contribution in [1.82, 2.24) is 10.0 Å². The predicted molar refractivity (Wildman–Crippen MR) is 89.7 cm³/mol. The number of hydrogen-bond donors (Lipinski definition) is 1. The van der Waals surface area contributed by atoms with Gasteiger partial charge in [-0.3, -0.25) is 14.8 Å². The quantitative estimate of drug-likeness (QED) is 0.508. The molecule has 0 saturated carbocycles. The van der Waals surface area contributed by atoms with Crippen molar-refractivity contribution in [2.45, 2.75) is 27.2 Å². The van der Waals surface area contributed by atoms with Crippen LogP contribution < -0.4 is 5.73 Å². The lowest BCUT2D eigenvalue weighted by molar-refractivity contribution is -0.133. The molecule has 1 aromatic carbocycles. The third kappa shape index (κ3) is 3.65. The number of halogens is 3. The van der Waals surface area contributed by atoms with E-state index in [1.165, 1.54) is 11.1 Å². The average Bonchev–Trinajstić information content (AvgIpc) is 2.49. The molecule has 1 fully saturated rings. The normalized spacial score (nSPS) is 16.0. The molecule has 0 aliphatic carbocycles. The van der Waals surface area contributed by atoms with E-state index in [9.17, 15) is 9.18 Å². The molecule has 1 amide bonds. The lowest BCUT2D eigenvalue weighted by Gasteiger charge is -2.37. The molecule has 0 unspecified atom stereocenters. The van der Waals surface area contributed by atoms with Gasteiger partial charge in [-0.15, -0.1) is 0 Å². The molecule has 0 bridgehead atoms. The van der Waals surface area contributed by atoms with Gasteiger partial charge in [-0.2, -0.15) is 0 Å². The Balaban J connectivity index is 0.00000242. The number of hydrogen-bond acceptors (Lipinski definition) is 3. The van der Waals surface area contributed by atoms with E-state index in [2.05, 4.69) is 0 Å². The lowest BCUT2D eigenvalue weighted by atomic mass is 10.1.